The summed E-state index contributed by atoms with van der Waals surface area (Å²) in [4.78, 5) is 6.43. The maximum absolute atomic E-state index is 4.19. The molecule has 0 unspecified atom stereocenters. The molecular formula is C17H22N2. The van der Waals surface area contributed by atoms with Crippen molar-refractivity contribution in [3.8, 4) is 11.1 Å². The number of aryl methyl sites for hydroxylation is 1. The van der Waals surface area contributed by atoms with Gasteiger partial charge in [0.05, 0.1) is 0 Å². The molecule has 2 nitrogen and oxygen atoms in total. The SMILES string of the molecule is Cc1cc(C(C)(C)N(C)C)ccc1-c1cccnc1. The largest absolute Gasteiger partial charge is 0.300 e. The van der Waals surface area contributed by atoms with Gasteiger partial charge in [0.1, 0.15) is 0 Å². The molecule has 2 aromatic rings. The summed E-state index contributed by atoms with van der Waals surface area (Å²) < 4.78 is 0. The summed E-state index contributed by atoms with van der Waals surface area (Å²) in [6.07, 6.45) is 3.72. The molecule has 2 rings (SSSR count). The maximum Gasteiger partial charge on any atom is 0.0398 e. The van der Waals surface area contributed by atoms with Crippen LogP contribution in [-0.2, 0) is 5.54 Å². The molecule has 0 radical (unpaired) electrons. The fourth-order valence-corrected chi connectivity index (χ4v) is 2.15. The molecule has 0 saturated heterocycles. The number of hydrogen-bond donors (Lipinski definition) is 0. The zero-order valence-corrected chi connectivity index (χ0v) is 12.4. The molecular weight excluding hydrogens is 232 g/mol. The van der Waals surface area contributed by atoms with Crippen LogP contribution in [0.5, 0.6) is 0 Å². The molecule has 2 heteroatoms. The summed E-state index contributed by atoms with van der Waals surface area (Å²) in [5.41, 5.74) is 5.10. The van der Waals surface area contributed by atoms with E-state index in [2.05, 4.69) is 69.0 Å². The summed E-state index contributed by atoms with van der Waals surface area (Å²) in [5, 5.41) is 0. The zero-order valence-electron chi connectivity index (χ0n) is 12.4. The van der Waals surface area contributed by atoms with Crippen molar-refractivity contribution in [3.63, 3.8) is 0 Å². The van der Waals surface area contributed by atoms with Gasteiger partial charge in [0.15, 0.2) is 0 Å². The fourth-order valence-electron chi connectivity index (χ4n) is 2.15. The van der Waals surface area contributed by atoms with E-state index in [1.54, 1.807) is 0 Å². The Bertz CT molecular complexity index is 557. The van der Waals surface area contributed by atoms with Crippen molar-refractivity contribution >= 4 is 0 Å². The lowest BCUT2D eigenvalue weighted by atomic mass is 9.89. The molecule has 0 bridgehead atoms. The van der Waals surface area contributed by atoms with Gasteiger partial charge in [-0.3, -0.25) is 4.98 Å². The maximum atomic E-state index is 4.19. The third-order valence-electron chi connectivity index (χ3n) is 4.02. The molecule has 1 aromatic heterocycles. The van der Waals surface area contributed by atoms with Crippen LogP contribution in [0.15, 0.2) is 42.7 Å². The normalized spacial score (nSPS) is 11.9. The van der Waals surface area contributed by atoms with Crippen molar-refractivity contribution in [2.75, 3.05) is 14.1 Å². The van der Waals surface area contributed by atoms with Crippen LogP contribution in [0.2, 0.25) is 0 Å². The molecule has 1 aromatic carbocycles. The Balaban J connectivity index is 2.44. The lowest BCUT2D eigenvalue weighted by molar-refractivity contribution is 0.197. The van der Waals surface area contributed by atoms with E-state index in [0.717, 1.165) is 0 Å². The Labute approximate surface area is 116 Å². The van der Waals surface area contributed by atoms with E-state index in [9.17, 15) is 0 Å². The topological polar surface area (TPSA) is 16.1 Å². The van der Waals surface area contributed by atoms with Crippen LogP contribution in [-0.4, -0.2) is 24.0 Å². The van der Waals surface area contributed by atoms with Gasteiger partial charge in [0.25, 0.3) is 0 Å². The minimum absolute atomic E-state index is 0.0399. The van der Waals surface area contributed by atoms with Gasteiger partial charge in [-0.1, -0.05) is 24.3 Å². The number of nitrogens with zero attached hydrogens (tertiary/aromatic N) is 2. The lowest BCUT2D eigenvalue weighted by Crippen LogP contribution is -2.35. The molecule has 0 aliphatic rings. The van der Waals surface area contributed by atoms with E-state index < -0.39 is 0 Å². The van der Waals surface area contributed by atoms with Crippen LogP contribution in [0, 0.1) is 6.92 Å². The Morgan fingerprint density at radius 2 is 1.84 bits per heavy atom. The highest BCUT2D eigenvalue weighted by Gasteiger charge is 2.23. The van der Waals surface area contributed by atoms with Gasteiger partial charge in [0, 0.05) is 23.5 Å². The first kappa shape index (κ1) is 13.8. The molecule has 0 saturated carbocycles. The van der Waals surface area contributed by atoms with Crippen LogP contribution in [0.25, 0.3) is 11.1 Å². The van der Waals surface area contributed by atoms with Gasteiger partial charge in [-0.05, 0) is 57.6 Å². The number of pyridine rings is 1. The Morgan fingerprint density at radius 3 is 2.37 bits per heavy atom. The summed E-state index contributed by atoms with van der Waals surface area (Å²) >= 11 is 0. The van der Waals surface area contributed by atoms with Gasteiger partial charge < -0.3 is 4.90 Å². The second kappa shape index (κ2) is 5.14. The Morgan fingerprint density at radius 1 is 1.11 bits per heavy atom. The molecule has 0 aliphatic heterocycles. The standard InChI is InChI=1S/C17H22N2/c1-13-11-15(17(2,3)19(4)5)8-9-16(13)14-7-6-10-18-12-14/h6-12H,1-5H3. The van der Waals surface area contributed by atoms with Gasteiger partial charge in [0.2, 0.25) is 0 Å². The zero-order chi connectivity index (χ0) is 14.0. The van der Waals surface area contributed by atoms with Gasteiger partial charge in [-0.2, -0.15) is 0 Å². The van der Waals surface area contributed by atoms with E-state index in [-0.39, 0.29) is 5.54 Å². The summed E-state index contributed by atoms with van der Waals surface area (Å²) in [7, 11) is 4.23. The van der Waals surface area contributed by atoms with Gasteiger partial charge in [-0.15, -0.1) is 0 Å². The highest BCUT2D eigenvalue weighted by atomic mass is 15.1. The molecule has 0 amide bonds. The molecule has 0 N–H and O–H groups in total. The summed E-state index contributed by atoms with van der Waals surface area (Å²) in [5.74, 6) is 0. The second-order valence-electron chi connectivity index (χ2n) is 5.72. The molecule has 19 heavy (non-hydrogen) atoms. The van der Waals surface area contributed by atoms with Gasteiger partial charge >= 0.3 is 0 Å². The van der Waals surface area contributed by atoms with Crippen molar-refractivity contribution in [2.24, 2.45) is 0 Å². The third kappa shape index (κ3) is 2.69. The number of hydrogen-bond acceptors (Lipinski definition) is 2. The van der Waals surface area contributed by atoms with Crippen LogP contribution in [0.4, 0.5) is 0 Å². The monoisotopic (exact) mass is 254 g/mol. The second-order valence-corrected chi connectivity index (χ2v) is 5.72. The first-order chi connectivity index (χ1) is 8.93. The van der Waals surface area contributed by atoms with Crippen molar-refractivity contribution < 1.29 is 0 Å². The first-order valence-corrected chi connectivity index (χ1v) is 6.62. The average molecular weight is 254 g/mol. The highest BCUT2D eigenvalue weighted by Crippen LogP contribution is 2.30. The average Bonchev–Trinajstić information content (AvgIpc) is 2.39. The molecule has 1 heterocycles. The van der Waals surface area contributed by atoms with Crippen molar-refractivity contribution in [1.29, 1.82) is 0 Å². The van der Waals surface area contributed by atoms with Crippen LogP contribution in [0.1, 0.15) is 25.0 Å². The van der Waals surface area contributed by atoms with E-state index in [4.69, 9.17) is 0 Å². The van der Waals surface area contributed by atoms with Crippen LogP contribution < -0.4 is 0 Å². The molecule has 0 spiro atoms. The van der Waals surface area contributed by atoms with E-state index in [0.29, 0.717) is 0 Å². The minimum Gasteiger partial charge on any atom is -0.300 e. The number of rotatable bonds is 3. The fraction of sp³-hybridized carbons (Fsp3) is 0.353. The predicted molar refractivity (Wildman–Crippen MR) is 81.1 cm³/mol. The third-order valence-corrected chi connectivity index (χ3v) is 4.02. The van der Waals surface area contributed by atoms with Crippen molar-refractivity contribution in [2.45, 2.75) is 26.3 Å². The molecule has 100 valence electrons. The summed E-state index contributed by atoms with van der Waals surface area (Å²) in [6, 6.07) is 10.8. The summed E-state index contributed by atoms with van der Waals surface area (Å²) in [6.45, 7) is 6.65. The van der Waals surface area contributed by atoms with E-state index in [1.807, 2.05) is 18.5 Å². The smallest absolute Gasteiger partial charge is 0.0398 e. The lowest BCUT2D eigenvalue weighted by Gasteiger charge is -2.33. The Hall–Kier alpha value is -1.67. The van der Waals surface area contributed by atoms with E-state index >= 15 is 0 Å². The number of aromatic nitrogens is 1. The van der Waals surface area contributed by atoms with E-state index in [1.165, 1.54) is 22.3 Å². The van der Waals surface area contributed by atoms with Gasteiger partial charge in [-0.25, -0.2) is 0 Å². The Kier molecular flexibility index (Phi) is 3.72. The van der Waals surface area contributed by atoms with Crippen LogP contribution >= 0.6 is 0 Å². The molecule has 0 aliphatic carbocycles. The van der Waals surface area contributed by atoms with Crippen LogP contribution in [0.3, 0.4) is 0 Å². The minimum atomic E-state index is 0.0399. The molecule has 0 fully saturated rings. The van der Waals surface area contributed by atoms with Crippen molar-refractivity contribution in [3.05, 3.63) is 53.9 Å². The highest BCUT2D eigenvalue weighted by molar-refractivity contribution is 5.66. The van der Waals surface area contributed by atoms with Crippen molar-refractivity contribution in [1.82, 2.24) is 9.88 Å². The number of benzene rings is 1. The first-order valence-electron chi connectivity index (χ1n) is 6.62. The quantitative estimate of drug-likeness (QED) is 0.827. The predicted octanol–water partition coefficient (Wildman–Crippen LogP) is 3.85. The molecule has 0 atom stereocenters.